The lowest BCUT2D eigenvalue weighted by Gasteiger charge is -2.34. The first-order valence-electron chi connectivity index (χ1n) is 9.56. The van der Waals surface area contributed by atoms with Crippen LogP contribution in [0.3, 0.4) is 0 Å². The Balaban J connectivity index is 1.64. The third-order valence-corrected chi connectivity index (χ3v) is 6.34. The van der Waals surface area contributed by atoms with E-state index in [4.69, 9.17) is 0 Å². The highest BCUT2D eigenvalue weighted by Crippen LogP contribution is 2.21. The van der Waals surface area contributed by atoms with Crippen molar-refractivity contribution in [2.45, 2.75) is 24.7 Å². The summed E-state index contributed by atoms with van der Waals surface area (Å²) in [4.78, 5) is 9.25. The molecule has 1 saturated heterocycles. The highest BCUT2D eigenvalue weighted by molar-refractivity contribution is 7.92. The van der Waals surface area contributed by atoms with E-state index in [2.05, 4.69) is 39.9 Å². The fourth-order valence-electron chi connectivity index (χ4n) is 3.22. The normalized spacial score (nSPS) is 15.6. The lowest BCUT2D eigenvalue weighted by Crippen LogP contribution is -2.46. The van der Waals surface area contributed by atoms with Gasteiger partial charge in [-0.15, -0.1) is 6.58 Å². The predicted octanol–water partition coefficient (Wildman–Crippen LogP) is 3.31. The third kappa shape index (κ3) is 4.91. The number of hydrogen-bond donors (Lipinski definition) is 1. The molecule has 1 aromatic carbocycles. The molecule has 3 rings (SSSR count). The second kappa shape index (κ2) is 8.75. The molecule has 0 radical (unpaired) electrons. The molecule has 1 fully saturated rings. The van der Waals surface area contributed by atoms with Crippen molar-refractivity contribution in [1.29, 1.82) is 0 Å². The number of pyridine rings is 1. The molecule has 1 aromatic heterocycles. The Labute approximate surface area is 167 Å². The van der Waals surface area contributed by atoms with Crippen LogP contribution < -0.4 is 9.62 Å². The summed E-state index contributed by atoms with van der Waals surface area (Å²) >= 11 is 0. The maximum Gasteiger partial charge on any atom is 0.261 e. The summed E-state index contributed by atoms with van der Waals surface area (Å²) in [5.41, 5.74) is 1.57. The SMILES string of the molecule is C=CCN1CCN(c2ccc(NS(=O)(=O)c3ccc(C(C)C)cc3)cn2)CC1. The minimum Gasteiger partial charge on any atom is -0.354 e. The molecule has 2 heterocycles. The van der Waals surface area contributed by atoms with E-state index in [0.717, 1.165) is 44.1 Å². The van der Waals surface area contributed by atoms with Gasteiger partial charge in [0, 0.05) is 32.7 Å². The van der Waals surface area contributed by atoms with Crippen molar-refractivity contribution in [2.24, 2.45) is 0 Å². The minimum atomic E-state index is -3.63. The maximum atomic E-state index is 12.6. The molecular formula is C21H28N4O2S. The maximum absolute atomic E-state index is 12.6. The van der Waals surface area contributed by atoms with Gasteiger partial charge in [-0.3, -0.25) is 9.62 Å². The Bertz CT molecular complexity index is 885. The second-order valence-electron chi connectivity index (χ2n) is 7.31. The van der Waals surface area contributed by atoms with Crippen LogP contribution in [-0.2, 0) is 10.0 Å². The summed E-state index contributed by atoms with van der Waals surface area (Å²) in [5.74, 6) is 1.22. The average molecular weight is 401 g/mol. The van der Waals surface area contributed by atoms with Gasteiger partial charge in [0.05, 0.1) is 16.8 Å². The number of piperazine rings is 1. The van der Waals surface area contributed by atoms with Gasteiger partial charge in [0.2, 0.25) is 0 Å². The Morgan fingerprint density at radius 3 is 2.32 bits per heavy atom. The van der Waals surface area contributed by atoms with Crippen molar-refractivity contribution in [3.63, 3.8) is 0 Å². The summed E-state index contributed by atoms with van der Waals surface area (Å²) < 4.78 is 27.8. The van der Waals surface area contributed by atoms with Gasteiger partial charge < -0.3 is 4.90 Å². The largest absolute Gasteiger partial charge is 0.354 e. The van der Waals surface area contributed by atoms with Crippen molar-refractivity contribution in [3.8, 4) is 0 Å². The third-order valence-electron chi connectivity index (χ3n) is 4.94. The zero-order chi connectivity index (χ0) is 20.1. The molecule has 7 heteroatoms. The first kappa shape index (κ1) is 20.4. The van der Waals surface area contributed by atoms with Crippen LogP contribution in [0.2, 0.25) is 0 Å². The minimum absolute atomic E-state index is 0.249. The van der Waals surface area contributed by atoms with Crippen LogP contribution in [0.1, 0.15) is 25.3 Å². The van der Waals surface area contributed by atoms with E-state index in [0.29, 0.717) is 11.6 Å². The molecule has 0 aliphatic carbocycles. The number of benzene rings is 1. The van der Waals surface area contributed by atoms with Crippen molar-refractivity contribution in [1.82, 2.24) is 9.88 Å². The Morgan fingerprint density at radius 2 is 1.79 bits per heavy atom. The molecule has 1 aliphatic rings. The highest BCUT2D eigenvalue weighted by Gasteiger charge is 2.18. The van der Waals surface area contributed by atoms with E-state index >= 15 is 0 Å². The van der Waals surface area contributed by atoms with Crippen LogP contribution in [0.4, 0.5) is 11.5 Å². The molecule has 2 aromatic rings. The van der Waals surface area contributed by atoms with Gasteiger partial charge in [0.25, 0.3) is 10.0 Å². The van der Waals surface area contributed by atoms with Crippen LogP contribution in [0.25, 0.3) is 0 Å². The van der Waals surface area contributed by atoms with Gasteiger partial charge in [-0.25, -0.2) is 13.4 Å². The monoisotopic (exact) mass is 400 g/mol. The van der Waals surface area contributed by atoms with Crippen LogP contribution in [0.5, 0.6) is 0 Å². The lowest BCUT2D eigenvalue weighted by atomic mass is 10.0. The number of sulfonamides is 1. The summed E-state index contributed by atoms with van der Waals surface area (Å²) in [7, 11) is -3.63. The zero-order valence-corrected chi connectivity index (χ0v) is 17.3. The molecule has 0 saturated carbocycles. The molecule has 0 unspecified atom stereocenters. The van der Waals surface area contributed by atoms with Gasteiger partial charge in [-0.05, 0) is 35.7 Å². The summed E-state index contributed by atoms with van der Waals surface area (Å²) in [5, 5.41) is 0. The van der Waals surface area contributed by atoms with E-state index < -0.39 is 10.0 Å². The van der Waals surface area contributed by atoms with E-state index in [1.165, 1.54) is 0 Å². The fraction of sp³-hybridized carbons (Fsp3) is 0.381. The first-order valence-corrected chi connectivity index (χ1v) is 11.0. The van der Waals surface area contributed by atoms with Gasteiger partial charge in [0.1, 0.15) is 5.82 Å². The Hall–Kier alpha value is -2.38. The van der Waals surface area contributed by atoms with Gasteiger partial charge in [-0.2, -0.15) is 0 Å². The van der Waals surface area contributed by atoms with E-state index in [1.807, 2.05) is 24.3 Å². The molecule has 0 bridgehead atoms. The van der Waals surface area contributed by atoms with Crippen molar-refractivity contribution < 1.29 is 8.42 Å². The van der Waals surface area contributed by atoms with E-state index in [-0.39, 0.29) is 4.90 Å². The molecule has 28 heavy (non-hydrogen) atoms. The van der Waals surface area contributed by atoms with Crippen LogP contribution in [0.15, 0.2) is 60.1 Å². The van der Waals surface area contributed by atoms with Crippen LogP contribution in [0, 0.1) is 0 Å². The summed E-state index contributed by atoms with van der Waals surface area (Å²) in [6.07, 6.45) is 3.50. The molecule has 6 nitrogen and oxygen atoms in total. The van der Waals surface area contributed by atoms with E-state index in [9.17, 15) is 8.42 Å². The molecule has 1 aliphatic heterocycles. The predicted molar refractivity (Wildman–Crippen MR) is 114 cm³/mol. The van der Waals surface area contributed by atoms with Crippen molar-refractivity contribution >= 4 is 21.5 Å². The van der Waals surface area contributed by atoms with Gasteiger partial charge in [0.15, 0.2) is 0 Å². The molecule has 0 amide bonds. The average Bonchev–Trinajstić information content (AvgIpc) is 2.69. The lowest BCUT2D eigenvalue weighted by molar-refractivity contribution is 0.283. The second-order valence-corrected chi connectivity index (χ2v) is 8.99. The van der Waals surface area contributed by atoms with Crippen molar-refractivity contribution in [3.05, 3.63) is 60.8 Å². The molecule has 0 spiro atoms. The quantitative estimate of drug-likeness (QED) is 0.723. The zero-order valence-electron chi connectivity index (χ0n) is 16.5. The number of nitrogens with one attached hydrogen (secondary N) is 1. The van der Waals surface area contributed by atoms with E-state index in [1.54, 1.807) is 24.4 Å². The number of rotatable bonds is 7. The Kier molecular flexibility index (Phi) is 6.36. The number of hydrogen-bond acceptors (Lipinski definition) is 5. The first-order chi connectivity index (χ1) is 13.4. The van der Waals surface area contributed by atoms with Crippen molar-refractivity contribution in [2.75, 3.05) is 42.3 Å². The molecule has 0 atom stereocenters. The standard InChI is InChI=1S/C21H28N4O2S/c1-4-11-24-12-14-25(15-13-24)21-10-7-19(16-22-21)23-28(26,27)20-8-5-18(6-9-20)17(2)3/h4-10,16-17,23H,1,11-15H2,2-3H3. The van der Waals surface area contributed by atoms with Crippen LogP contribution >= 0.6 is 0 Å². The number of aromatic nitrogens is 1. The van der Waals surface area contributed by atoms with Crippen LogP contribution in [-0.4, -0.2) is 51.0 Å². The topological polar surface area (TPSA) is 65.5 Å². The summed E-state index contributed by atoms with van der Waals surface area (Å²) in [6.45, 7) is 12.6. The smallest absolute Gasteiger partial charge is 0.261 e. The number of anilines is 2. The molecule has 150 valence electrons. The van der Waals surface area contributed by atoms with Gasteiger partial charge >= 0.3 is 0 Å². The highest BCUT2D eigenvalue weighted by atomic mass is 32.2. The Morgan fingerprint density at radius 1 is 1.11 bits per heavy atom. The molecule has 1 N–H and O–H groups in total. The fourth-order valence-corrected chi connectivity index (χ4v) is 4.26. The van der Waals surface area contributed by atoms with Gasteiger partial charge in [-0.1, -0.05) is 32.1 Å². The molecular weight excluding hydrogens is 372 g/mol. The number of nitrogens with zero attached hydrogens (tertiary/aromatic N) is 3. The summed E-state index contributed by atoms with van der Waals surface area (Å²) in [6, 6.07) is 10.6.